The van der Waals surface area contributed by atoms with E-state index in [4.69, 9.17) is 4.74 Å². The molecule has 2 rings (SSSR count). The van der Waals surface area contributed by atoms with Crippen molar-refractivity contribution in [2.24, 2.45) is 0 Å². The van der Waals surface area contributed by atoms with Crippen molar-refractivity contribution in [3.05, 3.63) is 16.6 Å². The number of hydrogen-bond acceptors (Lipinski definition) is 5. The number of aromatic nitrogens is 1. The number of carbonyl (C=O) groups is 2. The molecule has 0 bridgehead atoms. The Kier molecular flexibility index (Phi) is 5.62. The van der Waals surface area contributed by atoms with Crippen LogP contribution in [0, 0.1) is 0 Å². The molecule has 128 valence electrons. The van der Waals surface area contributed by atoms with E-state index < -0.39 is 17.7 Å². The number of rotatable bonds is 4. The molecule has 1 aliphatic heterocycles. The van der Waals surface area contributed by atoms with Gasteiger partial charge in [0.15, 0.2) is 0 Å². The maximum absolute atomic E-state index is 12.8. The summed E-state index contributed by atoms with van der Waals surface area (Å²) in [4.78, 5) is 31.0. The summed E-state index contributed by atoms with van der Waals surface area (Å²) < 4.78 is 5.29. The van der Waals surface area contributed by atoms with E-state index >= 15 is 0 Å². The Hall–Kier alpha value is -1.63. The monoisotopic (exact) mass is 339 g/mol. The van der Waals surface area contributed by atoms with Crippen LogP contribution in [0.1, 0.15) is 46.2 Å². The molecule has 1 aromatic rings. The average Bonchev–Trinajstić information content (AvgIpc) is 3.06. The zero-order chi connectivity index (χ0) is 17.0. The summed E-state index contributed by atoms with van der Waals surface area (Å²) in [6.45, 7) is 8.17. The smallest absolute Gasteiger partial charge is 0.408 e. The number of hydrogen-bond donors (Lipinski definition) is 1. The van der Waals surface area contributed by atoms with Gasteiger partial charge in [0.25, 0.3) is 0 Å². The summed E-state index contributed by atoms with van der Waals surface area (Å²) in [6, 6.07) is -0.437. The Balaban J connectivity index is 2.08. The SMILES string of the molecule is CC1CCCN1C(=O)C(Cc1cscn1)NC(=O)OC(C)(C)C. The Morgan fingerprint density at radius 2 is 2.26 bits per heavy atom. The lowest BCUT2D eigenvalue weighted by Gasteiger charge is -2.28. The number of ether oxygens (including phenoxy) is 1. The molecule has 0 spiro atoms. The molecule has 1 saturated heterocycles. The van der Waals surface area contributed by atoms with Crippen molar-refractivity contribution in [3.63, 3.8) is 0 Å². The van der Waals surface area contributed by atoms with Gasteiger partial charge in [0.2, 0.25) is 5.91 Å². The van der Waals surface area contributed by atoms with E-state index in [1.807, 2.05) is 17.2 Å². The Morgan fingerprint density at radius 3 is 2.78 bits per heavy atom. The first kappa shape index (κ1) is 17.7. The van der Waals surface area contributed by atoms with Crippen LogP contribution in [0.2, 0.25) is 0 Å². The van der Waals surface area contributed by atoms with Crippen molar-refractivity contribution < 1.29 is 14.3 Å². The molecule has 7 heteroatoms. The van der Waals surface area contributed by atoms with Gasteiger partial charge in [0.1, 0.15) is 11.6 Å². The van der Waals surface area contributed by atoms with Gasteiger partial charge < -0.3 is 15.0 Å². The predicted molar refractivity (Wildman–Crippen MR) is 89.4 cm³/mol. The highest BCUT2D eigenvalue weighted by molar-refractivity contribution is 7.07. The lowest BCUT2D eigenvalue weighted by Crippen LogP contribution is -2.51. The summed E-state index contributed by atoms with van der Waals surface area (Å²) in [5, 5.41) is 4.61. The largest absolute Gasteiger partial charge is 0.444 e. The number of carbonyl (C=O) groups excluding carboxylic acids is 2. The molecule has 2 atom stereocenters. The van der Waals surface area contributed by atoms with Crippen LogP contribution >= 0.6 is 11.3 Å². The number of thiazole rings is 1. The Bertz CT molecular complexity index is 539. The fraction of sp³-hybridized carbons (Fsp3) is 0.688. The quantitative estimate of drug-likeness (QED) is 0.915. The van der Waals surface area contributed by atoms with Gasteiger partial charge in [-0.25, -0.2) is 9.78 Å². The number of alkyl carbamates (subject to hydrolysis) is 1. The van der Waals surface area contributed by atoms with Crippen LogP contribution in [0.25, 0.3) is 0 Å². The summed E-state index contributed by atoms with van der Waals surface area (Å²) in [6.07, 6.45) is 1.81. The molecule has 0 aromatic carbocycles. The molecule has 1 aromatic heterocycles. The van der Waals surface area contributed by atoms with Gasteiger partial charge in [-0.05, 0) is 40.5 Å². The fourth-order valence-electron chi connectivity index (χ4n) is 2.66. The molecule has 2 unspecified atom stereocenters. The highest BCUT2D eigenvalue weighted by atomic mass is 32.1. The number of nitrogens with zero attached hydrogens (tertiary/aromatic N) is 2. The van der Waals surface area contributed by atoms with Crippen molar-refractivity contribution in [2.45, 2.75) is 64.6 Å². The van der Waals surface area contributed by atoms with Crippen molar-refractivity contribution >= 4 is 23.3 Å². The van der Waals surface area contributed by atoms with E-state index in [1.54, 1.807) is 26.3 Å². The molecule has 1 N–H and O–H groups in total. The maximum Gasteiger partial charge on any atom is 0.408 e. The van der Waals surface area contributed by atoms with E-state index in [1.165, 1.54) is 11.3 Å². The van der Waals surface area contributed by atoms with Gasteiger partial charge in [-0.2, -0.15) is 0 Å². The number of likely N-dealkylation sites (tertiary alicyclic amines) is 1. The third-order valence-corrected chi connectivity index (χ3v) is 4.36. The van der Waals surface area contributed by atoms with E-state index in [9.17, 15) is 9.59 Å². The second-order valence-electron chi connectivity index (χ2n) is 6.91. The van der Waals surface area contributed by atoms with E-state index in [0.717, 1.165) is 25.1 Å². The number of amides is 2. The van der Waals surface area contributed by atoms with Gasteiger partial charge in [-0.3, -0.25) is 4.79 Å². The first-order valence-electron chi connectivity index (χ1n) is 7.93. The lowest BCUT2D eigenvalue weighted by atomic mass is 10.1. The molecule has 6 nitrogen and oxygen atoms in total. The van der Waals surface area contributed by atoms with Gasteiger partial charge in [0, 0.05) is 24.4 Å². The van der Waals surface area contributed by atoms with E-state index in [2.05, 4.69) is 10.3 Å². The highest BCUT2D eigenvalue weighted by Gasteiger charge is 2.33. The molecule has 1 aliphatic rings. The van der Waals surface area contributed by atoms with Gasteiger partial charge in [-0.15, -0.1) is 11.3 Å². The minimum atomic E-state index is -0.646. The molecule has 1 fully saturated rings. The summed E-state index contributed by atoms with van der Waals surface area (Å²) in [7, 11) is 0. The Morgan fingerprint density at radius 1 is 1.52 bits per heavy atom. The topological polar surface area (TPSA) is 71.5 Å². The van der Waals surface area contributed by atoms with Crippen molar-refractivity contribution in [3.8, 4) is 0 Å². The van der Waals surface area contributed by atoms with E-state index in [-0.39, 0.29) is 11.9 Å². The van der Waals surface area contributed by atoms with Crippen molar-refractivity contribution in [1.29, 1.82) is 0 Å². The zero-order valence-corrected chi connectivity index (χ0v) is 15.0. The van der Waals surface area contributed by atoms with Gasteiger partial charge in [-0.1, -0.05) is 0 Å². The predicted octanol–water partition coefficient (Wildman–Crippen LogP) is 2.59. The minimum Gasteiger partial charge on any atom is -0.444 e. The van der Waals surface area contributed by atoms with Crippen LogP contribution < -0.4 is 5.32 Å². The van der Waals surface area contributed by atoms with Gasteiger partial charge >= 0.3 is 6.09 Å². The highest BCUT2D eigenvalue weighted by Crippen LogP contribution is 2.19. The zero-order valence-electron chi connectivity index (χ0n) is 14.2. The number of nitrogens with one attached hydrogen (secondary N) is 1. The molecule has 23 heavy (non-hydrogen) atoms. The van der Waals surface area contributed by atoms with Crippen LogP contribution in [0.5, 0.6) is 0 Å². The van der Waals surface area contributed by atoms with Crippen LogP contribution in [-0.2, 0) is 16.0 Å². The standard InChI is InChI=1S/C16H25N3O3S/c1-11-6-5-7-19(11)14(20)13(8-12-9-23-10-17-12)18-15(21)22-16(2,3)4/h9-11,13H,5-8H2,1-4H3,(H,18,21). The fourth-order valence-corrected chi connectivity index (χ4v) is 3.23. The second-order valence-corrected chi connectivity index (χ2v) is 7.62. The molecule has 0 radical (unpaired) electrons. The third-order valence-electron chi connectivity index (χ3n) is 3.72. The minimum absolute atomic E-state index is 0.0612. The Labute approximate surface area is 141 Å². The summed E-state index contributed by atoms with van der Waals surface area (Å²) in [5.41, 5.74) is 1.93. The first-order chi connectivity index (χ1) is 10.8. The molecular weight excluding hydrogens is 314 g/mol. The molecular formula is C16H25N3O3S. The van der Waals surface area contributed by atoms with Crippen LogP contribution in [0.3, 0.4) is 0 Å². The van der Waals surface area contributed by atoms with Gasteiger partial charge in [0.05, 0.1) is 11.2 Å². The van der Waals surface area contributed by atoms with Crippen LogP contribution in [0.15, 0.2) is 10.9 Å². The third kappa shape index (κ3) is 5.20. The molecule has 0 aliphatic carbocycles. The summed E-state index contributed by atoms with van der Waals surface area (Å²) >= 11 is 1.48. The lowest BCUT2D eigenvalue weighted by molar-refractivity contribution is -0.134. The van der Waals surface area contributed by atoms with Crippen LogP contribution in [0.4, 0.5) is 4.79 Å². The molecule has 2 heterocycles. The van der Waals surface area contributed by atoms with Crippen molar-refractivity contribution in [2.75, 3.05) is 6.54 Å². The normalized spacial score (nSPS) is 19.5. The average molecular weight is 339 g/mol. The molecule has 2 amide bonds. The van der Waals surface area contributed by atoms with Crippen LogP contribution in [-0.4, -0.2) is 46.1 Å². The van der Waals surface area contributed by atoms with Crippen molar-refractivity contribution in [1.82, 2.24) is 15.2 Å². The molecule has 0 saturated carbocycles. The first-order valence-corrected chi connectivity index (χ1v) is 8.87. The maximum atomic E-state index is 12.8. The summed E-state index contributed by atoms with van der Waals surface area (Å²) in [5.74, 6) is -0.0612. The van der Waals surface area contributed by atoms with E-state index in [0.29, 0.717) is 6.42 Å². The second kappa shape index (κ2) is 7.29.